The normalized spacial score (nSPS) is 10.1. The number of H-pyrrole nitrogens is 1. The van der Waals surface area contributed by atoms with Gasteiger partial charge in [0.15, 0.2) is 10.8 Å². The number of amides is 1. The topological polar surface area (TPSA) is 83.6 Å². The average molecular weight is 303 g/mol. The maximum Gasteiger partial charge on any atom is 0.277 e. The molecule has 0 unspecified atom stereocenters. The van der Waals surface area contributed by atoms with Gasteiger partial charge in [-0.25, -0.2) is 4.98 Å². The number of nitrogens with one attached hydrogen (secondary N) is 2. The molecule has 0 aliphatic heterocycles. The molecule has 0 spiro atoms. The molecule has 8 heteroatoms. The fourth-order valence-corrected chi connectivity index (χ4v) is 1.49. The molecule has 0 aliphatic rings. The Kier molecular flexibility index (Phi) is 3.16. The van der Waals surface area contributed by atoms with E-state index in [-0.39, 0.29) is 10.8 Å². The Morgan fingerprint density at radius 3 is 3.00 bits per heavy atom. The molecule has 0 aromatic carbocycles. The number of aromatic nitrogens is 4. The SMILES string of the molecule is O=C(Nc1cc(Br)cnc1Cl)c1cn[nH]n1. The molecule has 2 rings (SSSR count). The maximum atomic E-state index is 11.6. The summed E-state index contributed by atoms with van der Waals surface area (Å²) in [5, 5.41) is 12.3. The number of anilines is 1. The first-order chi connectivity index (χ1) is 7.66. The third-order valence-electron chi connectivity index (χ3n) is 1.70. The van der Waals surface area contributed by atoms with Crippen molar-refractivity contribution in [2.24, 2.45) is 0 Å². The van der Waals surface area contributed by atoms with E-state index in [4.69, 9.17) is 11.6 Å². The van der Waals surface area contributed by atoms with E-state index in [2.05, 4.69) is 41.6 Å². The number of carbonyl (C=O) groups excluding carboxylic acids is 1. The smallest absolute Gasteiger partial charge is 0.277 e. The average Bonchev–Trinajstić information content (AvgIpc) is 2.76. The largest absolute Gasteiger partial charge is 0.318 e. The van der Waals surface area contributed by atoms with Crippen LogP contribution in [-0.2, 0) is 0 Å². The molecule has 0 fully saturated rings. The van der Waals surface area contributed by atoms with E-state index in [1.54, 1.807) is 6.07 Å². The van der Waals surface area contributed by atoms with Crippen molar-refractivity contribution in [2.45, 2.75) is 0 Å². The third kappa shape index (κ3) is 2.37. The van der Waals surface area contributed by atoms with Crippen molar-refractivity contribution in [3.8, 4) is 0 Å². The van der Waals surface area contributed by atoms with Gasteiger partial charge in [0.2, 0.25) is 0 Å². The molecule has 0 radical (unpaired) electrons. The molecule has 2 N–H and O–H groups in total. The lowest BCUT2D eigenvalue weighted by molar-refractivity contribution is 0.102. The summed E-state index contributed by atoms with van der Waals surface area (Å²) < 4.78 is 0.715. The van der Waals surface area contributed by atoms with Gasteiger partial charge in [0.05, 0.1) is 11.9 Å². The molecular weight excluding hydrogens is 297 g/mol. The molecule has 82 valence electrons. The van der Waals surface area contributed by atoms with Crippen LogP contribution in [0.25, 0.3) is 0 Å². The highest BCUT2D eigenvalue weighted by Crippen LogP contribution is 2.23. The first kappa shape index (κ1) is 11.0. The minimum absolute atomic E-state index is 0.177. The van der Waals surface area contributed by atoms with Gasteiger partial charge in [-0.05, 0) is 22.0 Å². The number of aromatic amines is 1. The highest BCUT2D eigenvalue weighted by atomic mass is 79.9. The van der Waals surface area contributed by atoms with Crippen molar-refractivity contribution in [3.63, 3.8) is 0 Å². The van der Waals surface area contributed by atoms with Gasteiger partial charge in [0, 0.05) is 10.7 Å². The first-order valence-corrected chi connectivity index (χ1v) is 5.32. The quantitative estimate of drug-likeness (QED) is 0.830. The van der Waals surface area contributed by atoms with E-state index in [0.29, 0.717) is 10.2 Å². The van der Waals surface area contributed by atoms with Gasteiger partial charge >= 0.3 is 0 Å². The van der Waals surface area contributed by atoms with Crippen LogP contribution in [-0.4, -0.2) is 26.3 Å². The molecule has 2 aromatic rings. The summed E-state index contributed by atoms with van der Waals surface area (Å²) in [5.74, 6) is -0.407. The highest BCUT2D eigenvalue weighted by Gasteiger charge is 2.11. The molecule has 1 amide bonds. The summed E-state index contributed by atoms with van der Waals surface area (Å²) in [4.78, 5) is 15.5. The first-order valence-electron chi connectivity index (χ1n) is 4.15. The van der Waals surface area contributed by atoms with Crippen LogP contribution >= 0.6 is 27.5 Å². The van der Waals surface area contributed by atoms with Crippen molar-refractivity contribution < 1.29 is 4.79 Å². The number of pyridine rings is 1. The third-order valence-corrected chi connectivity index (χ3v) is 2.44. The van der Waals surface area contributed by atoms with Crippen LogP contribution in [0.5, 0.6) is 0 Å². The van der Waals surface area contributed by atoms with E-state index in [9.17, 15) is 4.79 Å². The minimum Gasteiger partial charge on any atom is -0.318 e. The van der Waals surface area contributed by atoms with Crippen LogP contribution in [0.1, 0.15) is 10.5 Å². The van der Waals surface area contributed by atoms with Crippen LogP contribution in [0.3, 0.4) is 0 Å². The molecule has 0 bridgehead atoms. The van der Waals surface area contributed by atoms with Gasteiger partial charge in [-0.15, -0.1) is 0 Å². The zero-order valence-electron chi connectivity index (χ0n) is 7.74. The lowest BCUT2D eigenvalue weighted by atomic mass is 10.4. The maximum absolute atomic E-state index is 11.6. The van der Waals surface area contributed by atoms with Crippen LogP contribution < -0.4 is 5.32 Å². The monoisotopic (exact) mass is 301 g/mol. The molecule has 16 heavy (non-hydrogen) atoms. The fraction of sp³-hybridized carbons (Fsp3) is 0. The number of halogens is 2. The second kappa shape index (κ2) is 4.58. The van der Waals surface area contributed by atoms with Gasteiger partial charge in [0.1, 0.15) is 0 Å². The molecule has 0 saturated heterocycles. The van der Waals surface area contributed by atoms with Gasteiger partial charge in [-0.1, -0.05) is 11.6 Å². The standard InChI is InChI=1S/C8H5BrClN5O/c9-4-1-5(7(10)11-2-4)13-8(16)6-3-12-15-14-6/h1-3H,(H,13,16)(H,12,14,15). The molecule has 6 nitrogen and oxygen atoms in total. The zero-order valence-corrected chi connectivity index (χ0v) is 10.1. The number of nitrogens with zero attached hydrogens (tertiary/aromatic N) is 3. The number of carbonyl (C=O) groups is 1. The molecule has 0 atom stereocenters. The van der Waals surface area contributed by atoms with E-state index in [0.717, 1.165) is 0 Å². The summed E-state index contributed by atoms with van der Waals surface area (Å²) in [7, 11) is 0. The van der Waals surface area contributed by atoms with Crippen LogP contribution in [0.15, 0.2) is 22.9 Å². The van der Waals surface area contributed by atoms with E-state index < -0.39 is 5.91 Å². The molecular formula is C8H5BrClN5O. The van der Waals surface area contributed by atoms with E-state index >= 15 is 0 Å². The summed E-state index contributed by atoms with van der Waals surface area (Å²) in [6, 6.07) is 1.65. The minimum atomic E-state index is -0.407. The Hall–Kier alpha value is -1.47. The number of rotatable bonds is 2. The van der Waals surface area contributed by atoms with Gasteiger partial charge in [-0.2, -0.15) is 15.4 Å². The van der Waals surface area contributed by atoms with Crippen LogP contribution in [0.2, 0.25) is 5.15 Å². The predicted molar refractivity (Wildman–Crippen MR) is 61.3 cm³/mol. The van der Waals surface area contributed by atoms with Crippen molar-refractivity contribution >= 4 is 39.1 Å². The van der Waals surface area contributed by atoms with Crippen molar-refractivity contribution in [3.05, 3.63) is 33.8 Å². The summed E-state index contributed by atoms with van der Waals surface area (Å²) in [6.07, 6.45) is 2.85. The molecule has 2 aromatic heterocycles. The van der Waals surface area contributed by atoms with Crippen LogP contribution in [0, 0.1) is 0 Å². The molecule has 0 saturated carbocycles. The Morgan fingerprint density at radius 2 is 2.31 bits per heavy atom. The lowest BCUT2D eigenvalue weighted by Gasteiger charge is -2.04. The number of hydrogen-bond acceptors (Lipinski definition) is 4. The van der Waals surface area contributed by atoms with E-state index in [1.165, 1.54) is 12.4 Å². The fourth-order valence-electron chi connectivity index (χ4n) is 1.01. The second-order valence-electron chi connectivity index (χ2n) is 2.80. The summed E-state index contributed by atoms with van der Waals surface area (Å²) in [5.41, 5.74) is 0.583. The lowest BCUT2D eigenvalue weighted by Crippen LogP contribution is -2.13. The summed E-state index contributed by atoms with van der Waals surface area (Å²) >= 11 is 9.04. The van der Waals surface area contributed by atoms with Crippen LogP contribution in [0.4, 0.5) is 5.69 Å². The Bertz CT molecular complexity index is 515. The van der Waals surface area contributed by atoms with Crippen molar-refractivity contribution in [1.29, 1.82) is 0 Å². The van der Waals surface area contributed by atoms with Crippen molar-refractivity contribution in [1.82, 2.24) is 20.4 Å². The Morgan fingerprint density at radius 1 is 1.50 bits per heavy atom. The Balaban J connectivity index is 2.21. The molecule has 0 aliphatic carbocycles. The van der Waals surface area contributed by atoms with Gasteiger partial charge in [0.25, 0.3) is 5.91 Å². The number of hydrogen-bond donors (Lipinski definition) is 2. The zero-order chi connectivity index (χ0) is 11.5. The molecule has 2 heterocycles. The van der Waals surface area contributed by atoms with Gasteiger partial charge in [-0.3, -0.25) is 4.79 Å². The summed E-state index contributed by atoms with van der Waals surface area (Å²) in [6.45, 7) is 0. The van der Waals surface area contributed by atoms with Gasteiger partial charge < -0.3 is 5.32 Å². The predicted octanol–water partition coefficient (Wildman–Crippen LogP) is 1.87. The highest BCUT2D eigenvalue weighted by molar-refractivity contribution is 9.10. The Labute approximate surface area is 104 Å². The van der Waals surface area contributed by atoms with Crippen molar-refractivity contribution in [2.75, 3.05) is 5.32 Å². The second-order valence-corrected chi connectivity index (χ2v) is 4.07. The van der Waals surface area contributed by atoms with E-state index in [1.807, 2.05) is 0 Å².